The number of carbonyl (C=O) groups is 1. The van der Waals surface area contributed by atoms with E-state index in [1.807, 2.05) is 31.2 Å². The van der Waals surface area contributed by atoms with Gasteiger partial charge in [0.25, 0.3) is 0 Å². The minimum absolute atomic E-state index is 0.140. The molecular weight excluding hydrogens is 436 g/mol. The Hall–Kier alpha value is -3.70. The normalized spacial score (nSPS) is 11.3. The lowest BCUT2D eigenvalue weighted by Gasteiger charge is -2.22. The van der Waals surface area contributed by atoms with Gasteiger partial charge in [-0.2, -0.15) is 0 Å². The van der Waals surface area contributed by atoms with E-state index in [4.69, 9.17) is 15.5 Å². The smallest absolute Gasteiger partial charge is 0.339 e. The van der Waals surface area contributed by atoms with Crippen LogP contribution in [0.3, 0.4) is 0 Å². The standard InChI is InChI=1S/C30H32N2O3/c1-18(2)13-27-25(16-31)29(21-11-9-19(3)10-12-21)26(20(4)32-27)17-35-28-15-23-8-6-5-7-22(23)14-24(28)30(33)34/h5-12,14-15,18H,13,16-17,31H2,1-4H3,(H,33,34). The van der Waals surface area contributed by atoms with Crippen molar-refractivity contribution in [3.05, 3.63) is 94.3 Å². The van der Waals surface area contributed by atoms with Crippen molar-refractivity contribution >= 4 is 16.7 Å². The van der Waals surface area contributed by atoms with Gasteiger partial charge >= 0.3 is 5.97 Å². The van der Waals surface area contributed by atoms with E-state index < -0.39 is 5.97 Å². The average molecular weight is 469 g/mol. The molecule has 0 aliphatic rings. The van der Waals surface area contributed by atoms with E-state index >= 15 is 0 Å². The number of carboxylic acid groups (broad SMARTS) is 1. The molecule has 0 fully saturated rings. The highest BCUT2D eigenvalue weighted by atomic mass is 16.5. The Bertz CT molecular complexity index is 1380. The third-order valence-corrected chi connectivity index (χ3v) is 6.29. The average Bonchev–Trinajstić information content (AvgIpc) is 2.82. The van der Waals surface area contributed by atoms with Crippen molar-refractivity contribution < 1.29 is 14.6 Å². The molecule has 0 saturated heterocycles. The number of carboxylic acids is 1. The Morgan fingerprint density at radius 3 is 2.26 bits per heavy atom. The molecule has 0 unspecified atom stereocenters. The van der Waals surface area contributed by atoms with Gasteiger partial charge in [0.05, 0.1) is 0 Å². The first-order valence-corrected chi connectivity index (χ1v) is 12.0. The summed E-state index contributed by atoms with van der Waals surface area (Å²) < 4.78 is 6.22. The summed E-state index contributed by atoms with van der Waals surface area (Å²) in [7, 11) is 0. The van der Waals surface area contributed by atoms with E-state index in [1.165, 1.54) is 5.56 Å². The second-order valence-electron chi connectivity index (χ2n) is 9.43. The van der Waals surface area contributed by atoms with Crippen LogP contribution in [-0.2, 0) is 19.6 Å². The quantitative estimate of drug-likeness (QED) is 0.310. The fourth-order valence-electron chi connectivity index (χ4n) is 4.52. The number of rotatable bonds is 8. The monoisotopic (exact) mass is 468 g/mol. The lowest BCUT2D eigenvalue weighted by molar-refractivity contribution is 0.0692. The number of fused-ring (bicyclic) bond motifs is 1. The third kappa shape index (κ3) is 5.20. The number of benzene rings is 3. The van der Waals surface area contributed by atoms with Crippen molar-refractivity contribution in [2.75, 3.05) is 0 Å². The number of ether oxygens (including phenoxy) is 1. The molecule has 3 N–H and O–H groups in total. The van der Waals surface area contributed by atoms with E-state index in [0.29, 0.717) is 18.2 Å². The van der Waals surface area contributed by atoms with Gasteiger partial charge in [-0.05, 0) is 65.8 Å². The Kier molecular flexibility index (Phi) is 7.17. The first-order chi connectivity index (χ1) is 16.8. The number of nitrogens with zero attached hydrogens (tertiary/aromatic N) is 1. The Labute approximate surface area is 206 Å². The molecule has 180 valence electrons. The van der Waals surface area contributed by atoms with Crippen LogP contribution in [0.1, 0.15) is 52.3 Å². The van der Waals surface area contributed by atoms with Gasteiger partial charge in [-0.1, -0.05) is 67.9 Å². The second kappa shape index (κ2) is 10.3. The highest BCUT2D eigenvalue weighted by Crippen LogP contribution is 2.34. The molecule has 4 aromatic rings. The fraction of sp³-hybridized carbons (Fsp3) is 0.267. The van der Waals surface area contributed by atoms with Crippen LogP contribution in [0.4, 0.5) is 0 Å². The largest absolute Gasteiger partial charge is 0.488 e. The summed E-state index contributed by atoms with van der Waals surface area (Å²) in [4.78, 5) is 16.9. The first kappa shape index (κ1) is 24.4. The molecule has 0 spiro atoms. The summed E-state index contributed by atoms with van der Waals surface area (Å²) >= 11 is 0. The van der Waals surface area contributed by atoms with Gasteiger partial charge in [-0.25, -0.2) is 4.79 Å². The fourth-order valence-corrected chi connectivity index (χ4v) is 4.52. The first-order valence-electron chi connectivity index (χ1n) is 12.0. The molecule has 1 heterocycles. The Balaban J connectivity index is 1.83. The van der Waals surface area contributed by atoms with E-state index in [9.17, 15) is 9.90 Å². The van der Waals surface area contributed by atoms with Crippen LogP contribution in [0.2, 0.25) is 0 Å². The predicted molar refractivity (Wildman–Crippen MR) is 141 cm³/mol. The van der Waals surface area contributed by atoms with Gasteiger partial charge < -0.3 is 15.6 Å². The number of aromatic nitrogens is 1. The van der Waals surface area contributed by atoms with Crippen molar-refractivity contribution in [2.45, 2.75) is 47.3 Å². The van der Waals surface area contributed by atoms with Crippen molar-refractivity contribution in [1.82, 2.24) is 4.98 Å². The van der Waals surface area contributed by atoms with Gasteiger partial charge in [0.2, 0.25) is 0 Å². The number of aryl methyl sites for hydroxylation is 2. The number of pyridine rings is 1. The highest BCUT2D eigenvalue weighted by molar-refractivity contribution is 5.97. The summed E-state index contributed by atoms with van der Waals surface area (Å²) in [5, 5.41) is 11.6. The molecule has 0 bridgehead atoms. The maximum atomic E-state index is 12.0. The Morgan fingerprint density at radius 1 is 1.00 bits per heavy atom. The van der Waals surface area contributed by atoms with Gasteiger partial charge in [0.15, 0.2) is 0 Å². The molecule has 0 radical (unpaired) electrons. The molecule has 0 aliphatic heterocycles. The Morgan fingerprint density at radius 2 is 1.66 bits per heavy atom. The van der Waals surface area contributed by atoms with Crippen LogP contribution in [-0.4, -0.2) is 16.1 Å². The minimum Gasteiger partial charge on any atom is -0.488 e. The lowest BCUT2D eigenvalue weighted by Crippen LogP contribution is -2.14. The third-order valence-electron chi connectivity index (χ3n) is 6.29. The number of aromatic carboxylic acids is 1. The summed E-state index contributed by atoms with van der Waals surface area (Å²) in [6.45, 7) is 8.95. The van der Waals surface area contributed by atoms with Crippen LogP contribution < -0.4 is 10.5 Å². The van der Waals surface area contributed by atoms with Crippen molar-refractivity contribution in [2.24, 2.45) is 11.7 Å². The molecular formula is C30H32N2O3. The topological polar surface area (TPSA) is 85.4 Å². The molecule has 35 heavy (non-hydrogen) atoms. The zero-order valence-corrected chi connectivity index (χ0v) is 20.8. The molecule has 3 aromatic carbocycles. The van der Waals surface area contributed by atoms with E-state index in [-0.39, 0.29) is 12.2 Å². The van der Waals surface area contributed by atoms with Crippen LogP contribution >= 0.6 is 0 Å². The molecule has 0 amide bonds. The maximum Gasteiger partial charge on any atom is 0.339 e. The summed E-state index contributed by atoms with van der Waals surface area (Å²) in [5.41, 5.74) is 13.5. The van der Waals surface area contributed by atoms with Gasteiger partial charge in [-0.15, -0.1) is 0 Å². The predicted octanol–water partition coefficient (Wildman–Crippen LogP) is 6.45. The summed E-state index contributed by atoms with van der Waals surface area (Å²) in [6, 6.07) is 19.5. The second-order valence-corrected chi connectivity index (χ2v) is 9.43. The van der Waals surface area contributed by atoms with Crippen molar-refractivity contribution in [3.63, 3.8) is 0 Å². The highest BCUT2D eigenvalue weighted by Gasteiger charge is 2.21. The molecule has 0 saturated carbocycles. The molecule has 1 aromatic heterocycles. The summed E-state index contributed by atoms with van der Waals surface area (Å²) in [5.74, 6) is -0.240. The van der Waals surface area contributed by atoms with Crippen molar-refractivity contribution in [3.8, 4) is 16.9 Å². The SMILES string of the molecule is Cc1ccc(-c2c(COc3cc4ccccc4cc3C(=O)O)c(C)nc(CC(C)C)c2CN)cc1. The van der Waals surface area contributed by atoms with Crippen LogP contribution in [0, 0.1) is 19.8 Å². The molecule has 4 rings (SSSR count). The molecule has 5 heteroatoms. The molecule has 0 atom stereocenters. The molecule has 5 nitrogen and oxygen atoms in total. The van der Waals surface area contributed by atoms with E-state index in [1.54, 1.807) is 12.1 Å². The molecule has 0 aliphatic carbocycles. The summed E-state index contributed by atoms with van der Waals surface area (Å²) in [6.07, 6.45) is 0.835. The van der Waals surface area contributed by atoms with Crippen LogP contribution in [0.25, 0.3) is 21.9 Å². The number of nitrogens with two attached hydrogens (primary N) is 1. The maximum absolute atomic E-state index is 12.0. The van der Waals surface area contributed by atoms with Gasteiger partial charge in [0.1, 0.15) is 17.9 Å². The van der Waals surface area contributed by atoms with Gasteiger partial charge in [0, 0.05) is 23.5 Å². The zero-order chi connectivity index (χ0) is 25.1. The minimum atomic E-state index is -1.02. The van der Waals surface area contributed by atoms with Crippen molar-refractivity contribution in [1.29, 1.82) is 0 Å². The van der Waals surface area contributed by atoms with Crippen LogP contribution in [0.5, 0.6) is 5.75 Å². The number of hydrogen-bond donors (Lipinski definition) is 2. The number of hydrogen-bond acceptors (Lipinski definition) is 4. The van der Waals surface area contributed by atoms with E-state index in [0.717, 1.165) is 50.8 Å². The zero-order valence-electron chi connectivity index (χ0n) is 20.8. The van der Waals surface area contributed by atoms with E-state index in [2.05, 4.69) is 45.0 Å². The lowest BCUT2D eigenvalue weighted by atomic mass is 9.90. The van der Waals surface area contributed by atoms with Gasteiger partial charge in [-0.3, -0.25) is 4.98 Å². The van der Waals surface area contributed by atoms with Crippen LogP contribution in [0.15, 0.2) is 60.7 Å².